The molecule has 0 aromatic rings. The molecular formula is C14H24N2O3. The molecule has 2 rings (SSSR count). The molecule has 2 aliphatic heterocycles. The minimum Gasteiger partial charge on any atom is -0.376 e. The van der Waals surface area contributed by atoms with Crippen molar-refractivity contribution in [2.45, 2.75) is 70.7 Å². The van der Waals surface area contributed by atoms with Crippen LogP contribution in [-0.2, 0) is 14.3 Å². The Balaban J connectivity index is 2.26. The molecule has 2 aliphatic rings. The quantitative estimate of drug-likeness (QED) is 0.833. The van der Waals surface area contributed by atoms with Crippen LogP contribution in [0.3, 0.4) is 0 Å². The van der Waals surface area contributed by atoms with E-state index in [2.05, 4.69) is 5.32 Å². The first kappa shape index (κ1) is 14.3. The molecular weight excluding hydrogens is 244 g/mol. The second kappa shape index (κ2) is 5.12. The molecule has 108 valence electrons. The predicted molar refractivity (Wildman–Crippen MR) is 71.6 cm³/mol. The first-order valence-electron chi connectivity index (χ1n) is 7.15. The molecule has 19 heavy (non-hydrogen) atoms. The number of rotatable bonds is 3. The van der Waals surface area contributed by atoms with Crippen molar-refractivity contribution in [3.05, 3.63) is 0 Å². The summed E-state index contributed by atoms with van der Waals surface area (Å²) in [5.41, 5.74) is -0.824. The topological polar surface area (TPSA) is 58.6 Å². The van der Waals surface area contributed by atoms with E-state index in [-0.39, 0.29) is 30.0 Å². The van der Waals surface area contributed by atoms with Gasteiger partial charge in [-0.3, -0.25) is 9.59 Å². The van der Waals surface area contributed by atoms with Gasteiger partial charge in [0.1, 0.15) is 11.6 Å². The lowest BCUT2D eigenvalue weighted by molar-refractivity contribution is -0.159. The van der Waals surface area contributed by atoms with Gasteiger partial charge in [-0.15, -0.1) is 0 Å². The van der Waals surface area contributed by atoms with Crippen molar-refractivity contribution in [3.8, 4) is 0 Å². The molecule has 0 bridgehead atoms. The van der Waals surface area contributed by atoms with Crippen LogP contribution in [0.25, 0.3) is 0 Å². The molecule has 0 aromatic carbocycles. The number of nitrogens with one attached hydrogen (secondary N) is 1. The SMILES string of the molecule is CCC1C(=O)NC(C)(C)C(=O)N1C(C)C1CCCO1. The third kappa shape index (κ3) is 2.48. The average Bonchev–Trinajstić information content (AvgIpc) is 2.85. The van der Waals surface area contributed by atoms with E-state index >= 15 is 0 Å². The van der Waals surface area contributed by atoms with Crippen molar-refractivity contribution in [2.24, 2.45) is 0 Å². The second-order valence-electron chi connectivity index (χ2n) is 6.04. The number of carbonyl (C=O) groups is 2. The molecule has 0 aromatic heterocycles. The van der Waals surface area contributed by atoms with Gasteiger partial charge in [0.2, 0.25) is 11.8 Å². The Labute approximate surface area is 114 Å². The fourth-order valence-corrected chi connectivity index (χ4v) is 3.05. The summed E-state index contributed by atoms with van der Waals surface area (Å²) in [6.07, 6.45) is 2.68. The maximum Gasteiger partial charge on any atom is 0.248 e. The minimum atomic E-state index is -0.824. The number of hydrogen-bond acceptors (Lipinski definition) is 3. The van der Waals surface area contributed by atoms with E-state index in [4.69, 9.17) is 4.74 Å². The monoisotopic (exact) mass is 268 g/mol. The van der Waals surface area contributed by atoms with Gasteiger partial charge in [0.05, 0.1) is 12.1 Å². The molecule has 3 unspecified atom stereocenters. The lowest BCUT2D eigenvalue weighted by atomic mass is 9.92. The number of ether oxygens (including phenoxy) is 1. The molecule has 2 saturated heterocycles. The Morgan fingerprint density at radius 2 is 2.16 bits per heavy atom. The number of carbonyl (C=O) groups excluding carboxylic acids is 2. The molecule has 0 radical (unpaired) electrons. The third-order valence-electron chi connectivity index (χ3n) is 4.17. The smallest absolute Gasteiger partial charge is 0.248 e. The van der Waals surface area contributed by atoms with Crippen LogP contribution in [0.15, 0.2) is 0 Å². The zero-order valence-electron chi connectivity index (χ0n) is 12.2. The van der Waals surface area contributed by atoms with Gasteiger partial charge < -0.3 is 15.0 Å². The van der Waals surface area contributed by atoms with Crippen LogP contribution in [0.5, 0.6) is 0 Å². The molecule has 2 amide bonds. The van der Waals surface area contributed by atoms with Crippen LogP contribution in [0.2, 0.25) is 0 Å². The highest BCUT2D eigenvalue weighted by molar-refractivity contribution is 5.99. The van der Waals surface area contributed by atoms with Crippen LogP contribution >= 0.6 is 0 Å². The molecule has 5 heteroatoms. The minimum absolute atomic E-state index is 0.0121. The van der Waals surface area contributed by atoms with E-state index in [1.807, 2.05) is 13.8 Å². The normalized spacial score (nSPS) is 32.3. The molecule has 0 aliphatic carbocycles. The van der Waals surface area contributed by atoms with Gasteiger partial charge in [0, 0.05) is 6.61 Å². The van der Waals surface area contributed by atoms with Gasteiger partial charge in [0.15, 0.2) is 0 Å². The number of piperazine rings is 1. The first-order chi connectivity index (χ1) is 8.88. The maximum absolute atomic E-state index is 12.6. The Morgan fingerprint density at radius 1 is 1.47 bits per heavy atom. The number of amides is 2. The Bertz CT molecular complexity index is 375. The van der Waals surface area contributed by atoms with Crippen molar-refractivity contribution < 1.29 is 14.3 Å². The molecule has 0 saturated carbocycles. The van der Waals surface area contributed by atoms with Crippen molar-refractivity contribution in [1.82, 2.24) is 10.2 Å². The summed E-state index contributed by atoms with van der Waals surface area (Å²) in [5.74, 6) is -0.0705. The summed E-state index contributed by atoms with van der Waals surface area (Å²) in [7, 11) is 0. The van der Waals surface area contributed by atoms with Gasteiger partial charge in [0.25, 0.3) is 0 Å². The summed E-state index contributed by atoms with van der Waals surface area (Å²) in [6.45, 7) is 8.20. The van der Waals surface area contributed by atoms with Crippen molar-refractivity contribution in [3.63, 3.8) is 0 Å². The van der Waals surface area contributed by atoms with E-state index in [1.165, 1.54) is 0 Å². The summed E-state index contributed by atoms with van der Waals surface area (Å²) in [5, 5.41) is 2.81. The van der Waals surface area contributed by atoms with Crippen molar-refractivity contribution in [1.29, 1.82) is 0 Å². The van der Waals surface area contributed by atoms with Gasteiger partial charge in [-0.1, -0.05) is 6.92 Å². The summed E-state index contributed by atoms with van der Waals surface area (Å²) in [4.78, 5) is 26.5. The van der Waals surface area contributed by atoms with Crippen molar-refractivity contribution in [2.75, 3.05) is 6.61 Å². The molecule has 0 spiro atoms. The predicted octanol–water partition coefficient (Wildman–Crippen LogP) is 1.07. The summed E-state index contributed by atoms with van der Waals surface area (Å²) >= 11 is 0. The van der Waals surface area contributed by atoms with Gasteiger partial charge in [-0.05, 0) is 40.0 Å². The summed E-state index contributed by atoms with van der Waals surface area (Å²) < 4.78 is 5.69. The highest BCUT2D eigenvalue weighted by Crippen LogP contribution is 2.27. The van der Waals surface area contributed by atoms with E-state index in [9.17, 15) is 9.59 Å². The van der Waals surface area contributed by atoms with Gasteiger partial charge >= 0.3 is 0 Å². The van der Waals surface area contributed by atoms with E-state index in [0.29, 0.717) is 6.42 Å². The first-order valence-corrected chi connectivity index (χ1v) is 7.15. The highest BCUT2D eigenvalue weighted by atomic mass is 16.5. The standard InChI is InChI=1S/C14H24N2O3/c1-5-10-12(17)15-14(3,4)13(18)16(10)9(2)11-7-6-8-19-11/h9-11H,5-8H2,1-4H3,(H,15,17). The van der Waals surface area contributed by atoms with E-state index in [1.54, 1.807) is 18.7 Å². The number of nitrogens with zero attached hydrogens (tertiary/aromatic N) is 1. The van der Waals surface area contributed by atoms with Crippen LogP contribution in [0.4, 0.5) is 0 Å². The Morgan fingerprint density at radius 3 is 2.68 bits per heavy atom. The highest BCUT2D eigenvalue weighted by Gasteiger charge is 2.47. The largest absolute Gasteiger partial charge is 0.376 e. The molecule has 5 nitrogen and oxygen atoms in total. The van der Waals surface area contributed by atoms with Gasteiger partial charge in [-0.25, -0.2) is 0 Å². The van der Waals surface area contributed by atoms with Crippen LogP contribution < -0.4 is 5.32 Å². The second-order valence-corrected chi connectivity index (χ2v) is 6.04. The fourth-order valence-electron chi connectivity index (χ4n) is 3.05. The van der Waals surface area contributed by atoms with Crippen molar-refractivity contribution >= 4 is 11.8 Å². The van der Waals surface area contributed by atoms with Crippen LogP contribution in [-0.4, -0.2) is 47.0 Å². The molecule has 2 heterocycles. The Kier molecular flexibility index (Phi) is 3.85. The van der Waals surface area contributed by atoms with E-state index in [0.717, 1.165) is 19.4 Å². The van der Waals surface area contributed by atoms with E-state index < -0.39 is 5.54 Å². The van der Waals surface area contributed by atoms with Crippen LogP contribution in [0.1, 0.15) is 47.0 Å². The lowest BCUT2D eigenvalue weighted by Crippen LogP contribution is -2.70. The average molecular weight is 268 g/mol. The van der Waals surface area contributed by atoms with Gasteiger partial charge in [-0.2, -0.15) is 0 Å². The number of hydrogen-bond donors (Lipinski definition) is 1. The zero-order valence-corrected chi connectivity index (χ0v) is 12.2. The third-order valence-corrected chi connectivity index (χ3v) is 4.17. The Hall–Kier alpha value is -1.10. The lowest BCUT2D eigenvalue weighted by Gasteiger charge is -2.46. The maximum atomic E-state index is 12.6. The molecule has 2 fully saturated rings. The summed E-state index contributed by atoms with van der Waals surface area (Å²) in [6, 6.07) is -0.426. The van der Waals surface area contributed by atoms with Crippen LogP contribution in [0, 0.1) is 0 Å². The fraction of sp³-hybridized carbons (Fsp3) is 0.857. The molecule has 3 atom stereocenters. The molecule has 1 N–H and O–H groups in total. The zero-order chi connectivity index (χ0) is 14.2.